The summed E-state index contributed by atoms with van der Waals surface area (Å²) in [6.45, 7) is 2.11. The van der Waals surface area contributed by atoms with Crippen molar-refractivity contribution in [1.29, 1.82) is 0 Å². The van der Waals surface area contributed by atoms with Gasteiger partial charge in [0.15, 0.2) is 0 Å². The van der Waals surface area contributed by atoms with Gasteiger partial charge in [-0.25, -0.2) is 0 Å². The number of aliphatic carboxylic acids is 1. The Morgan fingerprint density at radius 1 is 1.50 bits per heavy atom. The number of rotatable bonds is 2. The van der Waals surface area contributed by atoms with E-state index in [4.69, 9.17) is 5.11 Å². The second-order valence-electron chi connectivity index (χ2n) is 3.34. The summed E-state index contributed by atoms with van der Waals surface area (Å²) < 4.78 is 0. The molecule has 1 rings (SSSR count). The molecule has 1 aliphatic carbocycles. The van der Waals surface area contributed by atoms with E-state index in [1.54, 1.807) is 0 Å². The van der Waals surface area contributed by atoms with Gasteiger partial charge in [-0.15, -0.1) is 0 Å². The van der Waals surface area contributed by atoms with Crippen molar-refractivity contribution in [2.75, 3.05) is 0 Å². The van der Waals surface area contributed by atoms with Crippen LogP contribution in [0.3, 0.4) is 0 Å². The number of hydrogen-bond donors (Lipinski definition) is 1. The molecule has 0 aromatic heterocycles. The zero-order chi connectivity index (χ0) is 8.97. The van der Waals surface area contributed by atoms with E-state index < -0.39 is 5.97 Å². The number of carboxylic acid groups (broad SMARTS) is 1. The van der Waals surface area contributed by atoms with Crippen LogP contribution in [0, 0.1) is 11.8 Å². The Balaban J connectivity index is 2.50. The van der Waals surface area contributed by atoms with Gasteiger partial charge in [0.25, 0.3) is 0 Å². The van der Waals surface area contributed by atoms with E-state index >= 15 is 0 Å². The largest absolute Gasteiger partial charge is 0.481 e. The van der Waals surface area contributed by atoms with Gasteiger partial charge in [0.1, 0.15) is 0 Å². The summed E-state index contributed by atoms with van der Waals surface area (Å²) in [5, 5.41) is 8.59. The normalized spacial score (nSPS) is 28.4. The molecular weight excluding hydrogens is 152 g/mol. The van der Waals surface area contributed by atoms with E-state index in [1.165, 1.54) is 0 Å². The van der Waals surface area contributed by atoms with Gasteiger partial charge < -0.3 is 5.11 Å². The summed E-state index contributed by atoms with van der Waals surface area (Å²) in [4.78, 5) is 10.4. The summed E-state index contributed by atoms with van der Waals surface area (Å²) in [6.07, 6.45) is 9.22. The number of allylic oxidation sites excluding steroid dienone is 4. The minimum absolute atomic E-state index is 0.201. The minimum Gasteiger partial charge on any atom is -0.481 e. The second-order valence-corrected chi connectivity index (χ2v) is 3.34. The fourth-order valence-electron chi connectivity index (χ4n) is 1.49. The minimum atomic E-state index is -0.709. The van der Waals surface area contributed by atoms with Crippen LogP contribution in [0.1, 0.15) is 19.8 Å². The van der Waals surface area contributed by atoms with Gasteiger partial charge >= 0.3 is 5.97 Å². The molecule has 0 aliphatic heterocycles. The fourth-order valence-corrected chi connectivity index (χ4v) is 1.49. The van der Waals surface area contributed by atoms with Crippen molar-refractivity contribution in [3.05, 3.63) is 24.3 Å². The SMILES string of the molecule is C[C@H]1C=CC=C[C@H](CC(=O)O)C1. The first-order chi connectivity index (χ1) is 5.68. The fraction of sp³-hybridized carbons (Fsp3) is 0.500. The standard InChI is InChI=1S/C10H14O2/c1-8-4-2-3-5-9(6-8)7-10(11)12/h2-5,8-9H,6-7H2,1H3,(H,11,12)/t8-,9-/m0/s1. The first-order valence-corrected chi connectivity index (χ1v) is 4.25. The summed E-state index contributed by atoms with van der Waals surface area (Å²) in [6, 6.07) is 0. The summed E-state index contributed by atoms with van der Waals surface area (Å²) in [7, 11) is 0. The van der Waals surface area contributed by atoms with Gasteiger partial charge in [0, 0.05) is 0 Å². The van der Waals surface area contributed by atoms with Crippen LogP contribution in [0.25, 0.3) is 0 Å². The van der Waals surface area contributed by atoms with Crippen LogP contribution in [0.2, 0.25) is 0 Å². The highest BCUT2D eigenvalue weighted by Gasteiger charge is 2.13. The van der Waals surface area contributed by atoms with Crippen LogP contribution in [-0.2, 0) is 4.79 Å². The smallest absolute Gasteiger partial charge is 0.303 e. The molecule has 0 fully saturated rings. The molecule has 2 atom stereocenters. The predicted molar refractivity (Wildman–Crippen MR) is 47.8 cm³/mol. The van der Waals surface area contributed by atoms with Crippen molar-refractivity contribution in [2.24, 2.45) is 11.8 Å². The highest BCUT2D eigenvalue weighted by atomic mass is 16.4. The lowest BCUT2D eigenvalue weighted by Crippen LogP contribution is -2.07. The first-order valence-electron chi connectivity index (χ1n) is 4.25. The van der Waals surface area contributed by atoms with Gasteiger partial charge in [-0.2, -0.15) is 0 Å². The second kappa shape index (κ2) is 4.10. The third-order valence-corrected chi connectivity index (χ3v) is 2.05. The summed E-state index contributed by atoms with van der Waals surface area (Å²) in [5.41, 5.74) is 0. The number of carbonyl (C=O) groups is 1. The van der Waals surface area contributed by atoms with E-state index in [9.17, 15) is 4.79 Å². The Morgan fingerprint density at radius 3 is 2.83 bits per heavy atom. The average molecular weight is 166 g/mol. The Hall–Kier alpha value is -1.05. The number of carboxylic acids is 1. The van der Waals surface area contributed by atoms with Crippen molar-refractivity contribution >= 4 is 5.97 Å². The zero-order valence-electron chi connectivity index (χ0n) is 7.23. The molecule has 0 radical (unpaired) electrons. The lowest BCUT2D eigenvalue weighted by Gasteiger charge is -2.11. The van der Waals surface area contributed by atoms with Crippen LogP contribution in [-0.4, -0.2) is 11.1 Å². The van der Waals surface area contributed by atoms with Gasteiger partial charge in [0.2, 0.25) is 0 Å². The zero-order valence-corrected chi connectivity index (χ0v) is 7.23. The molecule has 0 saturated heterocycles. The molecule has 2 nitrogen and oxygen atoms in total. The number of hydrogen-bond acceptors (Lipinski definition) is 1. The predicted octanol–water partition coefficient (Wildman–Crippen LogP) is 2.23. The molecule has 0 unspecified atom stereocenters. The molecule has 0 bridgehead atoms. The van der Waals surface area contributed by atoms with E-state index in [2.05, 4.69) is 13.0 Å². The maximum Gasteiger partial charge on any atom is 0.303 e. The van der Waals surface area contributed by atoms with E-state index in [0.717, 1.165) is 6.42 Å². The third kappa shape index (κ3) is 2.91. The molecule has 1 aliphatic rings. The van der Waals surface area contributed by atoms with E-state index in [1.807, 2.05) is 18.2 Å². The maximum absolute atomic E-state index is 10.4. The van der Waals surface area contributed by atoms with Crippen LogP contribution in [0.4, 0.5) is 0 Å². The van der Waals surface area contributed by atoms with Crippen molar-refractivity contribution in [3.63, 3.8) is 0 Å². The van der Waals surface area contributed by atoms with E-state index in [0.29, 0.717) is 5.92 Å². The molecule has 0 heterocycles. The van der Waals surface area contributed by atoms with E-state index in [-0.39, 0.29) is 12.3 Å². The van der Waals surface area contributed by atoms with Crippen molar-refractivity contribution < 1.29 is 9.90 Å². The summed E-state index contributed by atoms with van der Waals surface area (Å²) in [5.74, 6) is -0.0180. The highest BCUT2D eigenvalue weighted by Crippen LogP contribution is 2.20. The third-order valence-electron chi connectivity index (χ3n) is 2.05. The Kier molecular flexibility index (Phi) is 3.09. The lowest BCUT2D eigenvalue weighted by atomic mass is 9.94. The topological polar surface area (TPSA) is 37.3 Å². The van der Waals surface area contributed by atoms with Crippen molar-refractivity contribution in [1.82, 2.24) is 0 Å². The molecule has 2 heteroatoms. The Labute approximate surface area is 72.6 Å². The van der Waals surface area contributed by atoms with Crippen molar-refractivity contribution in [3.8, 4) is 0 Å². The molecule has 0 aromatic carbocycles. The average Bonchev–Trinajstić information content (AvgIpc) is 2.12. The monoisotopic (exact) mass is 166 g/mol. The van der Waals surface area contributed by atoms with Gasteiger partial charge in [-0.05, 0) is 18.3 Å². The van der Waals surface area contributed by atoms with Gasteiger partial charge in [0.05, 0.1) is 6.42 Å². The van der Waals surface area contributed by atoms with Crippen LogP contribution in [0.5, 0.6) is 0 Å². The van der Waals surface area contributed by atoms with Crippen LogP contribution in [0.15, 0.2) is 24.3 Å². The molecule has 66 valence electrons. The Morgan fingerprint density at radius 2 is 2.17 bits per heavy atom. The molecule has 0 saturated carbocycles. The van der Waals surface area contributed by atoms with Gasteiger partial charge in [-0.1, -0.05) is 31.2 Å². The molecule has 0 spiro atoms. The maximum atomic E-state index is 10.4. The molecule has 1 N–H and O–H groups in total. The van der Waals surface area contributed by atoms with Gasteiger partial charge in [-0.3, -0.25) is 4.79 Å². The Bertz CT molecular complexity index is 216. The first kappa shape index (κ1) is 9.04. The highest BCUT2D eigenvalue weighted by molar-refractivity contribution is 5.67. The molecule has 12 heavy (non-hydrogen) atoms. The molecule has 0 amide bonds. The molecular formula is C10H14O2. The summed E-state index contributed by atoms with van der Waals surface area (Å²) >= 11 is 0. The molecule has 0 aromatic rings. The van der Waals surface area contributed by atoms with Crippen LogP contribution < -0.4 is 0 Å². The lowest BCUT2D eigenvalue weighted by molar-refractivity contribution is -0.137. The van der Waals surface area contributed by atoms with Crippen LogP contribution >= 0.6 is 0 Å². The quantitative estimate of drug-likeness (QED) is 0.683. The van der Waals surface area contributed by atoms with Crippen molar-refractivity contribution in [2.45, 2.75) is 19.8 Å².